The molecular formula is C27H34F4N2O2. The van der Waals surface area contributed by atoms with E-state index in [2.05, 4.69) is 10.3 Å². The Bertz CT molecular complexity index is 1140. The maximum absolute atomic E-state index is 14.2. The van der Waals surface area contributed by atoms with Crippen molar-refractivity contribution in [3.05, 3.63) is 65.6 Å². The van der Waals surface area contributed by atoms with Crippen LogP contribution in [0.2, 0.25) is 0 Å². The summed E-state index contributed by atoms with van der Waals surface area (Å²) < 4.78 is 62.1. The van der Waals surface area contributed by atoms with Crippen LogP contribution in [0.5, 0.6) is 5.75 Å². The molecule has 1 atom stereocenters. The first-order valence-electron chi connectivity index (χ1n) is 11.3. The molecule has 35 heavy (non-hydrogen) atoms. The van der Waals surface area contributed by atoms with Gasteiger partial charge in [0.1, 0.15) is 11.6 Å². The molecule has 1 aliphatic rings. The van der Waals surface area contributed by atoms with Gasteiger partial charge in [-0.3, -0.25) is 4.98 Å². The summed E-state index contributed by atoms with van der Waals surface area (Å²) in [6.07, 6.45) is -3.51. The number of hydrogen-bond donors (Lipinski definition) is 2. The Balaban J connectivity index is 0.00000140. The lowest BCUT2D eigenvalue weighted by Crippen LogP contribution is -2.53. The molecule has 4 nitrogen and oxygen atoms in total. The summed E-state index contributed by atoms with van der Waals surface area (Å²) >= 11 is 0. The first-order chi connectivity index (χ1) is 16.0. The zero-order chi connectivity index (χ0) is 25.1. The fourth-order valence-electron chi connectivity index (χ4n) is 4.36. The summed E-state index contributed by atoms with van der Waals surface area (Å²) in [5.74, 6) is -0.122. The second-order valence-corrected chi connectivity index (χ2v) is 8.86. The van der Waals surface area contributed by atoms with Gasteiger partial charge in [-0.1, -0.05) is 41.2 Å². The molecule has 2 aromatic carbocycles. The summed E-state index contributed by atoms with van der Waals surface area (Å²) in [5, 5.41) is 14.3. The molecule has 0 fully saturated rings. The minimum absolute atomic E-state index is 0. The fourth-order valence-corrected chi connectivity index (χ4v) is 4.36. The first kappa shape index (κ1) is 28.4. The van der Waals surface area contributed by atoms with Crippen molar-refractivity contribution < 1.29 is 27.4 Å². The van der Waals surface area contributed by atoms with Crippen LogP contribution in [-0.2, 0) is 11.8 Å². The zero-order valence-electron chi connectivity index (χ0n) is 19.8. The highest BCUT2D eigenvalue weighted by Crippen LogP contribution is 2.46. The summed E-state index contributed by atoms with van der Waals surface area (Å²) in [6, 6.07) is 11.1. The number of anilines is 1. The minimum atomic E-state index is -4.92. The van der Waals surface area contributed by atoms with Gasteiger partial charge in [-0.2, -0.15) is 13.2 Å². The molecule has 0 radical (unpaired) electrons. The van der Waals surface area contributed by atoms with Gasteiger partial charge in [-0.25, -0.2) is 4.39 Å². The summed E-state index contributed by atoms with van der Waals surface area (Å²) in [4.78, 5) is 4.20. The van der Waals surface area contributed by atoms with E-state index in [0.717, 1.165) is 0 Å². The normalized spacial score (nSPS) is 14.7. The smallest absolute Gasteiger partial charge is 0.418 e. The lowest BCUT2D eigenvalue weighted by molar-refractivity contribution is -0.260. The third-order valence-corrected chi connectivity index (χ3v) is 5.96. The van der Waals surface area contributed by atoms with E-state index in [4.69, 9.17) is 4.74 Å². The molecule has 1 aliphatic heterocycles. The summed E-state index contributed by atoms with van der Waals surface area (Å²) in [7, 11) is 0. The molecule has 0 spiro atoms. The molecule has 2 heterocycles. The van der Waals surface area contributed by atoms with E-state index in [0.29, 0.717) is 46.5 Å². The Morgan fingerprint density at radius 2 is 1.80 bits per heavy atom. The molecule has 1 unspecified atom stereocenters. The lowest BCUT2D eigenvalue weighted by atomic mass is 9.74. The second kappa shape index (κ2) is 10.8. The number of nitrogens with one attached hydrogen (secondary N) is 1. The van der Waals surface area contributed by atoms with Crippen molar-refractivity contribution in [3.8, 4) is 5.75 Å². The van der Waals surface area contributed by atoms with Gasteiger partial charge < -0.3 is 15.2 Å². The van der Waals surface area contributed by atoms with E-state index in [-0.39, 0.29) is 7.43 Å². The number of fused-ring (bicyclic) bond motifs is 2. The number of nitrogens with zero attached hydrogens (tertiary/aromatic N) is 1. The number of halogens is 4. The maximum atomic E-state index is 14.2. The van der Waals surface area contributed by atoms with Gasteiger partial charge in [-0.15, -0.1) is 0 Å². The summed E-state index contributed by atoms with van der Waals surface area (Å²) in [6.45, 7) is 6.69. The molecule has 0 saturated carbocycles. The van der Waals surface area contributed by atoms with Gasteiger partial charge in [0.2, 0.25) is 0 Å². The van der Waals surface area contributed by atoms with Crippen LogP contribution in [0.3, 0.4) is 0 Å². The molecule has 0 amide bonds. The van der Waals surface area contributed by atoms with E-state index < -0.39 is 36.0 Å². The average Bonchev–Trinajstić information content (AvgIpc) is 3.25. The van der Waals surface area contributed by atoms with Crippen LogP contribution in [0, 0.1) is 5.82 Å². The predicted octanol–water partition coefficient (Wildman–Crippen LogP) is 7.04. The monoisotopic (exact) mass is 494 g/mol. The van der Waals surface area contributed by atoms with E-state index in [1.165, 1.54) is 12.1 Å². The summed E-state index contributed by atoms with van der Waals surface area (Å²) in [5.41, 5.74) is -2.28. The van der Waals surface area contributed by atoms with Crippen LogP contribution in [0.25, 0.3) is 10.9 Å². The van der Waals surface area contributed by atoms with Gasteiger partial charge in [0, 0.05) is 34.8 Å². The third-order valence-electron chi connectivity index (χ3n) is 5.96. The van der Waals surface area contributed by atoms with E-state index >= 15 is 0 Å². The van der Waals surface area contributed by atoms with Crippen LogP contribution < -0.4 is 10.1 Å². The Hall–Kier alpha value is -2.87. The Kier molecular flexibility index (Phi) is 8.76. The van der Waals surface area contributed by atoms with E-state index in [1.807, 2.05) is 13.8 Å². The number of hydrogen-bond acceptors (Lipinski definition) is 4. The highest BCUT2D eigenvalue weighted by atomic mass is 19.4. The number of ether oxygens (including phenoxy) is 1. The molecule has 4 rings (SSSR count). The lowest BCUT2D eigenvalue weighted by Gasteiger charge is -2.38. The number of aliphatic hydroxyl groups is 1. The predicted molar refractivity (Wildman–Crippen MR) is 133 cm³/mol. The number of aromatic nitrogens is 1. The molecule has 0 aliphatic carbocycles. The van der Waals surface area contributed by atoms with Crippen molar-refractivity contribution in [1.82, 2.24) is 4.98 Å². The standard InChI is InChI=1S/C24H24F4N2O2.C2H6.CH4/c1-22(2,18-12-16(25)11-15-8-10-32-21(15)18)13-23(31,24(26,27)28)14-30-20-7-3-6-19-17(20)5-4-9-29-19;1-2;/h3-7,9,11-12,30-31H,8,10,13-14H2,1-2H3;1-2H3;1H4. The third kappa shape index (κ3) is 5.86. The fraction of sp³-hybridized carbons (Fsp3) is 0.444. The number of benzene rings is 2. The molecule has 2 N–H and O–H groups in total. The largest absolute Gasteiger partial charge is 0.493 e. The van der Waals surface area contributed by atoms with Crippen LogP contribution in [0.15, 0.2) is 48.7 Å². The Labute approximate surface area is 204 Å². The van der Waals surface area contributed by atoms with Crippen LogP contribution in [-0.4, -0.2) is 35.0 Å². The van der Waals surface area contributed by atoms with E-state index in [1.54, 1.807) is 50.4 Å². The van der Waals surface area contributed by atoms with Gasteiger partial charge >= 0.3 is 6.18 Å². The van der Waals surface area contributed by atoms with Crippen LogP contribution in [0.1, 0.15) is 52.7 Å². The highest BCUT2D eigenvalue weighted by molar-refractivity contribution is 5.91. The molecule has 192 valence electrons. The highest BCUT2D eigenvalue weighted by Gasteiger charge is 2.56. The van der Waals surface area contributed by atoms with Crippen molar-refractivity contribution in [1.29, 1.82) is 0 Å². The van der Waals surface area contributed by atoms with Crippen molar-refractivity contribution in [2.75, 3.05) is 18.5 Å². The SMILES string of the molecule is C.CC.CC(C)(CC(O)(CNc1cccc2ncccc12)C(F)(F)F)c1cc(F)cc2c1OCC2. The van der Waals surface area contributed by atoms with Crippen LogP contribution in [0.4, 0.5) is 23.2 Å². The average molecular weight is 495 g/mol. The van der Waals surface area contributed by atoms with Crippen molar-refractivity contribution in [2.24, 2.45) is 0 Å². The second-order valence-electron chi connectivity index (χ2n) is 8.86. The number of pyridine rings is 1. The quantitative estimate of drug-likeness (QED) is 0.361. The Morgan fingerprint density at radius 3 is 2.49 bits per heavy atom. The minimum Gasteiger partial charge on any atom is -0.493 e. The molecule has 0 bridgehead atoms. The molecule has 0 saturated heterocycles. The molecule has 1 aromatic heterocycles. The van der Waals surface area contributed by atoms with E-state index in [9.17, 15) is 22.7 Å². The van der Waals surface area contributed by atoms with Crippen LogP contribution >= 0.6 is 0 Å². The number of rotatable bonds is 6. The van der Waals surface area contributed by atoms with Gasteiger partial charge in [0.15, 0.2) is 5.60 Å². The van der Waals surface area contributed by atoms with Crippen molar-refractivity contribution in [2.45, 2.75) is 65.2 Å². The topological polar surface area (TPSA) is 54.4 Å². The zero-order valence-corrected chi connectivity index (χ0v) is 19.8. The van der Waals surface area contributed by atoms with Gasteiger partial charge in [0.05, 0.1) is 18.7 Å². The van der Waals surface area contributed by atoms with Crippen molar-refractivity contribution in [3.63, 3.8) is 0 Å². The maximum Gasteiger partial charge on any atom is 0.418 e. The molecule has 3 aromatic rings. The first-order valence-corrected chi connectivity index (χ1v) is 11.3. The molecular weight excluding hydrogens is 460 g/mol. The van der Waals surface area contributed by atoms with Gasteiger partial charge in [0.25, 0.3) is 0 Å². The Morgan fingerprint density at radius 1 is 1.09 bits per heavy atom. The van der Waals surface area contributed by atoms with Gasteiger partial charge in [-0.05, 0) is 48.2 Å². The number of alkyl halides is 3. The van der Waals surface area contributed by atoms with Crippen molar-refractivity contribution >= 4 is 16.6 Å². The molecule has 8 heteroatoms.